The Morgan fingerprint density at radius 3 is 0.939 bits per heavy atom. The first kappa shape index (κ1) is 48.0. The lowest BCUT2D eigenvalue weighted by atomic mass is 9.92. The van der Waals surface area contributed by atoms with Gasteiger partial charge in [0.2, 0.25) is 0 Å². The van der Waals surface area contributed by atoms with Crippen molar-refractivity contribution in [3.05, 3.63) is 278 Å². The van der Waals surface area contributed by atoms with Crippen molar-refractivity contribution in [1.82, 2.24) is 4.98 Å². The molecule has 1 fully saturated rings. The molecule has 2 heteroatoms. The Kier molecular flexibility index (Phi) is 21.7. The molecule has 1 heterocycles. The zero-order valence-electron chi connectivity index (χ0n) is 38.4. The summed E-state index contributed by atoms with van der Waals surface area (Å²) < 4.78 is 5.58. The van der Waals surface area contributed by atoms with E-state index >= 15 is 0 Å². The van der Waals surface area contributed by atoms with Gasteiger partial charge in [-0.1, -0.05) is 263 Å². The number of aryl methyl sites for hydroxylation is 2. The summed E-state index contributed by atoms with van der Waals surface area (Å²) in [5.41, 5.74) is 6.91. The first-order chi connectivity index (χ1) is 32.8. The van der Waals surface area contributed by atoms with Crippen LogP contribution in [0.3, 0.4) is 0 Å². The molecule has 2 nitrogen and oxygen atoms in total. The van der Waals surface area contributed by atoms with Crippen LogP contribution in [0.5, 0.6) is 11.5 Å². The topological polar surface area (TPSA) is 25.0 Å². The fourth-order valence-electron chi connectivity index (χ4n) is 7.62. The van der Waals surface area contributed by atoms with Gasteiger partial charge >= 0.3 is 0 Å². The van der Waals surface area contributed by atoms with Crippen LogP contribution in [0.4, 0.5) is 0 Å². The maximum Gasteiger partial charge on any atom is 0.127 e. The van der Waals surface area contributed by atoms with E-state index in [2.05, 4.69) is 145 Å². The van der Waals surface area contributed by atoms with Gasteiger partial charge < -0.3 is 9.72 Å². The minimum atomic E-state index is 0.869. The van der Waals surface area contributed by atoms with Gasteiger partial charge in [0.1, 0.15) is 11.5 Å². The van der Waals surface area contributed by atoms with E-state index in [4.69, 9.17) is 4.74 Å². The number of benzene rings is 9. The third-order valence-corrected chi connectivity index (χ3v) is 11.2. The van der Waals surface area contributed by atoms with E-state index in [-0.39, 0.29) is 0 Å². The van der Waals surface area contributed by atoms with Crippen LogP contribution in [0.15, 0.2) is 267 Å². The summed E-state index contributed by atoms with van der Waals surface area (Å²) in [7, 11) is 0. The van der Waals surface area contributed by atoms with Crippen molar-refractivity contribution in [2.24, 2.45) is 0 Å². The maximum absolute atomic E-state index is 5.58. The van der Waals surface area contributed by atoms with Crippen molar-refractivity contribution in [3.63, 3.8) is 0 Å². The number of fused-ring (bicyclic) bond motifs is 3. The zero-order chi connectivity index (χ0) is 45.4. The van der Waals surface area contributed by atoms with Gasteiger partial charge in [-0.15, -0.1) is 0 Å². The van der Waals surface area contributed by atoms with E-state index in [1.165, 1.54) is 97.0 Å². The first-order valence-electron chi connectivity index (χ1n) is 23.7. The standard InChI is InChI=1S/C12H10O.C12H10.C10H12.C10H8.C8H7N.C6H12.C6H6/c1-3-7-11(8-4-1)13-12-9-5-2-6-10-12;1-3-7-11(8-4-1)12-9-5-2-6-10-12;2*1-2-6-10-8-4-3-7-9(10)5-1;1-2-4-8-7(3-1)5-6-9-8;2*1-2-4-6-5-3-1/h1-10H;1-10H;1-2,5-6H,3-4,7-8H2;1-8H;1-6,9H;1-6H2;1-6H. The Balaban J connectivity index is 0.000000129. The molecule has 10 aromatic rings. The minimum absolute atomic E-state index is 0.869. The van der Waals surface area contributed by atoms with Crippen LogP contribution < -0.4 is 4.74 Å². The van der Waals surface area contributed by atoms with E-state index in [1.54, 1.807) is 11.1 Å². The molecule has 0 amide bonds. The van der Waals surface area contributed by atoms with E-state index in [9.17, 15) is 0 Å². The van der Waals surface area contributed by atoms with Crippen molar-refractivity contribution in [2.45, 2.75) is 64.2 Å². The molecular formula is C64H65NO. The molecule has 0 spiro atoms. The van der Waals surface area contributed by atoms with Crippen LogP contribution in [0.25, 0.3) is 32.8 Å². The molecule has 0 unspecified atom stereocenters. The second kappa shape index (κ2) is 29.9. The quantitative estimate of drug-likeness (QED) is 0.188. The molecule has 0 atom stereocenters. The Hall–Kier alpha value is -7.42. The minimum Gasteiger partial charge on any atom is -0.457 e. The normalized spacial score (nSPS) is 11.9. The molecule has 0 bridgehead atoms. The number of H-pyrrole nitrogens is 1. The molecule has 12 rings (SSSR count). The summed E-state index contributed by atoms with van der Waals surface area (Å²) in [5, 5.41) is 3.90. The predicted octanol–water partition coefficient (Wildman–Crippen LogP) is 18.4. The number of hydrogen-bond acceptors (Lipinski definition) is 1. The molecule has 9 aromatic carbocycles. The van der Waals surface area contributed by atoms with Gasteiger partial charge in [-0.25, -0.2) is 0 Å². The highest BCUT2D eigenvalue weighted by atomic mass is 16.5. The lowest BCUT2D eigenvalue weighted by Crippen LogP contribution is -2.00. The van der Waals surface area contributed by atoms with Crippen LogP contribution in [-0.2, 0) is 12.8 Å². The van der Waals surface area contributed by atoms with Gasteiger partial charge in [0, 0.05) is 11.7 Å². The summed E-state index contributed by atoms with van der Waals surface area (Å²) in [4.78, 5) is 3.12. The molecule has 0 aliphatic heterocycles. The summed E-state index contributed by atoms with van der Waals surface area (Å²) >= 11 is 0. The molecule has 1 aromatic heterocycles. The van der Waals surface area contributed by atoms with Gasteiger partial charge in [-0.05, 0) is 100 Å². The first-order valence-corrected chi connectivity index (χ1v) is 23.7. The second-order valence-corrected chi connectivity index (χ2v) is 16.1. The average molecular weight is 864 g/mol. The van der Waals surface area contributed by atoms with E-state index < -0.39 is 0 Å². The van der Waals surface area contributed by atoms with Gasteiger partial charge in [0.05, 0.1) is 0 Å². The van der Waals surface area contributed by atoms with Crippen molar-refractivity contribution in [3.8, 4) is 22.6 Å². The maximum atomic E-state index is 5.58. The lowest BCUT2D eigenvalue weighted by molar-refractivity contribution is 0.482. The summed E-state index contributed by atoms with van der Waals surface area (Å²) in [6.07, 6.45) is 16.3. The monoisotopic (exact) mass is 864 g/mol. The Morgan fingerprint density at radius 2 is 0.561 bits per heavy atom. The predicted molar refractivity (Wildman–Crippen MR) is 284 cm³/mol. The Bertz CT molecular complexity index is 2480. The van der Waals surface area contributed by atoms with E-state index in [1.807, 2.05) is 128 Å². The highest BCUT2D eigenvalue weighted by Crippen LogP contribution is 2.21. The molecule has 332 valence electrons. The Labute approximate surface area is 394 Å². The largest absolute Gasteiger partial charge is 0.457 e. The summed E-state index contributed by atoms with van der Waals surface area (Å²) in [5.74, 6) is 1.74. The van der Waals surface area contributed by atoms with Crippen LogP contribution in [0, 0.1) is 0 Å². The van der Waals surface area contributed by atoms with Gasteiger partial charge in [0.15, 0.2) is 0 Å². The lowest BCUT2D eigenvalue weighted by Gasteiger charge is -2.13. The van der Waals surface area contributed by atoms with Gasteiger partial charge in [-0.2, -0.15) is 0 Å². The van der Waals surface area contributed by atoms with Crippen molar-refractivity contribution in [1.29, 1.82) is 0 Å². The number of aromatic nitrogens is 1. The second-order valence-electron chi connectivity index (χ2n) is 16.1. The van der Waals surface area contributed by atoms with Crippen molar-refractivity contribution < 1.29 is 4.74 Å². The van der Waals surface area contributed by atoms with Crippen LogP contribution in [0.2, 0.25) is 0 Å². The number of hydrogen-bond donors (Lipinski definition) is 1. The molecular weight excluding hydrogens is 799 g/mol. The van der Waals surface area contributed by atoms with E-state index in [0.717, 1.165) is 11.5 Å². The highest BCUT2D eigenvalue weighted by molar-refractivity contribution is 5.82. The SMILES string of the molecule is C1CCCCC1.c1ccc(-c2ccccc2)cc1.c1ccc(Oc2ccccc2)cc1.c1ccc2[nH]ccc2c1.c1ccc2c(c1)CCCC2.c1ccc2ccccc2c1.c1ccccc1. The summed E-state index contributed by atoms with van der Waals surface area (Å²) in [6.45, 7) is 0. The fourth-order valence-corrected chi connectivity index (χ4v) is 7.62. The Morgan fingerprint density at radius 1 is 0.258 bits per heavy atom. The number of aromatic amines is 1. The van der Waals surface area contributed by atoms with Crippen LogP contribution in [-0.4, -0.2) is 4.98 Å². The van der Waals surface area contributed by atoms with Crippen LogP contribution in [0.1, 0.15) is 62.5 Å². The van der Waals surface area contributed by atoms with Crippen molar-refractivity contribution in [2.75, 3.05) is 0 Å². The van der Waals surface area contributed by atoms with Crippen molar-refractivity contribution >= 4 is 21.7 Å². The molecule has 0 saturated heterocycles. The molecule has 2 aliphatic rings. The molecule has 1 N–H and O–H groups in total. The smallest absolute Gasteiger partial charge is 0.127 e. The van der Waals surface area contributed by atoms with Crippen LogP contribution >= 0.6 is 0 Å². The number of rotatable bonds is 3. The highest BCUT2D eigenvalue weighted by Gasteiger charge is 2.06. The number of ether oxygens (including phenoxy) is 1. The molecule has 2 aliphatic carbocycles. The van der Waals surface area contributed by atoms with E-state index in [0.29, 0.717) is 0 Å². The number of nitrogens with one attached hydrogen (secondary N) is 1. The third-order valence-electron chi connectivity index (χ3n) is 11.2. The number of para-hydroxylation sites is 3. The molecule has 1 saturated carbocycles. The molecule has 66 heavy (non-hydrogen) atoms. The average Bonchev–Trinajstić information content (AvgIpc) is 3.91. The third kappa shape index (κ3) is 18.4. The summed E-state index contributed by atoms with van der Waals surface area (Å²) in [6, 6.07) is 88.1. The fraction of sp³-hybridized carbons (Fsp3) is 0.156. The van der Waals surface area contributed by atoms with Gasteiger partial charge in [-0.3, -0.25) is 0 Å². The zero-order valence-corrected chi connectivity index (χ0v) is 38.4. The molecule has 0 radical (unpaired) electrons. The van der Waals surface area contributed by atoms with Gasteiger partial charge in [0.25, 0.3) is 0 Å².